The van der Waals surface area contributed by atoms with Gasteiger partial charge >= 0.3 is 0 Å². The van der Waals surface area contributed by atoms with E-state index in [4.69, 9.17) is 4.74 Å². The quantitative estimate of drug-likeness (QED) is 0.853. The van der Waals surface area contributed by atoms with Crippen LogP contribution < -0.4 is 15.0 Å². The molecule has 5 nitrogen and oxygen atoms in total. The van der Waals surface area contributed by atoms with Crippen LogP contribution in [0.5, 0.6) is 5.75 Å². The van der Waals surface area contributed by atoms with Crippen molar-refractivity contribution in [2.45, 2.75) is 0 Å². The molecule has 0 aromatic heterocycles. The summed E-state index contributed by atoms with van der Waals surface area (Å²) in [5.41, 5.74) is 0.620. The Morgan fingerprint density at radius 3 is 2.67 bits per heavy atom. The Morgan fingerprint density at radius 1 is 1.28 bits per heavy atom. The summed E-state index contributed by atoms with van der Waals surface area (Å²) in [7, 11) is 1.54. The Bertz CT molecular complexity index is 519. The number of ether oxygens (including phenoxy) is 1. The zero-order valence-corrected chi connectivity index (χ0v) is 12.7. The molecule has 96 valence electrons. The van der Waals surface area contributed by atoms with Gasteiger partial charge in [-0.25, -0.2) is 0 Å². The second-order valence-corrected chi connectivity index (χ2v) is 5.40. The number of carbonyl (C=O) groups is 2. The number of hydrogen-bond donors (Lipinski definition) is 1. The summed E-state index contributed by atoms with van der Waals surface area (Å²) in [5, 5.41) is 2.50. The molecular weight excluding hydrogens is 368 g/mol. The number of rotatable bonds is 2. The standard InChI is InChI=1S/C11H10Br2N2O3/c1-18-9-3-8(6(12)2-7(9)13)15-5-10(16)14-4-11(15)17/h2-3H,4-5H2,1H3,(H,14,16). The molecular formula is C11H10Br2N2O3. The molecule has 1 aromatic carbocycles. The highest BCUT2D eigenvalue weighted by molar-refractivity contribution is 9.11. The summed E-state index contributed by atoms with van der Waals surface area (Å²) < 4.78 is 6.68. The molecule has 0 bridgehead atoms. The molecule has 0 unspecified atom stereocenters. The van der Waals surface area contributed by atoms with E-state index in [2.05, 4.69) is 37.2 Å². The van der Waals surface area contributed by atoms with Crippen molar-refractivity contribution in [3.63, 3.8) is 0 Å². The zero-order chi connectivity index (χ0) is 13.3. The second kappa shape index (κ2) is 5.27. The molecule has 0 spiro atoms. The summed E-state index contributed by atoms with van der Waals surface area (Å²) in [5.74, 6) is 0.273. The van der Waals surface area contributed by atoms with Crippen LogP contribution in [0.25, 0.3) is 0 Å². The Kier molecular flexibility index (Phi) is 3.91. The summed E-state index contributed by atoms with van der Waals surface area (Å²) in [6, 6.07) is 3.50. The number of nitrogens with one attached hydrogen (secondary N) is 1. The smallest absolute Gasteiger partial charge is 0.246 e. The lowest BCUT2D eigenvalue weighted by Crippen LogP contribution is -2.51. The number of methoxy groups -OCH3 is 1. The van der Waals surface area contributed by atoms with Gasteiger partial charge in [0.05, 0.1) is 23.8 Å². The lowest BCUT2D eigenvalue weighted by molar-refractivity contribution is -0.128. The van der Waals surface area contributed by atoms with Gasteiger partial charge in [0, 0.05) is 10.5 Å². The number of benzene rings is 1. The summed E-state index contributed by atoms with van der Waals surface area (Å²) >= 11 is 6.74. The molecule has 1 fully saturated rings. The lowest BCUT2D eigenvalue weighted by Gasteiger charge is -2.28. The van der Waals surface area contributed by atoms with Crippen molar-refractivity contribution in [3.05, 3.63) is 21.1 Å². The highest BCUT2D eigenvalue weighted by Gasteiger charge is 2.26. The maximum atomic E-state index is 11.8. The fourth-order valence-electron chi connectivity index (χ4n) is 1.66. The van der Waals surface area contributed by atoms with Crippen molar-refractivity contribution in [1.82, 2.24) is 5.32 Å². The third-order valence-electron chi connectivity index (χ3n) is 2.55. The van der Waals surface area contributed by atoms with Crippen LogP contribution in [-0.4, -0.2) is 32.0 Å². The van der Waals surface area contributed by atoms with E-state index in [1.807, 2.05) is 0 Å². The topological polar surface area (TPSA) is 58.6 Å². The van der Waals surface area contributed by atoms with Gasteiger partial charge < -0.3 is 15.0 Å². The molecule has 0 radical (unpaired) electrons. The van der Waals surface area contributed by atoms with E-state index in [9.17, 15) is 9.59 Å². The minimum absolute atomic E-state index is 0.0161. The molecule has 1 N–H and O–H groups in total. The van der Waals surface area contributed by atoms with Crippen molar-refractivity contribution in [3.8, 4) is 5.75 Å². The van der Waals surface area contributed by atoms with Crippen molar-refractivity contribution in [1.29, 1.82) is 0 Å². The highest BCUT2D eigenvalue weighted by atomic mass is 79.9. The van der Waals surface area contributed by atoms with E-state index in [1.54, 1.807) is 19.2 Å². The minimum atomic E-state index is -0.177. The average molecular weight is 378 g/mol. The van der Waals surface area contributed by atoms with Crippen LogP contribution in [0.3, 0.4) is 0 Å². The van der Waals surface area contributed by atoms with Crippen molar-refractivity contribution >= 4 is 49.4 Å². The normalized spacial score (nSPS) is 15.6. The Labute approximate surface area is 121 Å². The van der Waals surface area contributed by atoms with E-state index in [-0.39, 0.29) is 24.9 Å². The fourth-order valence-corrected chi connectivity index (χ4v) is 3.03. The maximum absolute atomic E-state index is 11.8. The van der Waals surface area contributed by atoms with Crippen LogP contribution >= 0.6 is 31.9 Å². The van der Waals surface area contributed by atoms with Gasteiger partial charge in [-0.2, -0.15) is 0 Å². The molecule has 7 heteroatoms. The predicted octanol–water partition coefficient (Wildman–Crippen LogP) is 1.68. The molecule has 18 heavy (non-hydrogen) atoms. The zero-order valence-electron chi connectivity index (χ0n) is 9.50. The number of hydrogen-bond acceptors (Lipinski definition) is 3. The number of anilines is 1. The van der Waals surface area contributed by atoms with E-state index in [0.29, 0.717) is 11.4 Å². The lowest BCUT2D eigenvalue weighted by atomic mass is 10.2. The van der Waals surface area contributed by atoms with Crippen molar-refractivity contribution in [2.75, 3.05) is 25.1 Å². The Hall–Kier alpha value is -1.08. The van der Waals surface area contributed by atoms with E-state index >= 15 is 0 Å². The second-order valence-electron chi connectivity index (χ2n) is 3.69. The summed E-state index contributed by atoms with van der Waals surface area (Å²) in [4.78, 5) is 24.6. The fraction of sp³-hybridized carbons (Fsp3) is 0.273. The van der Waals surface area contributed by atoms with Gasteiger partial charge in [0.1, 0.15) is 12.3 Å². The highest BCUT2D eigenvalue weighted by Crippen LogP contribution is 2.36. The van der Waals surface area contributed by atoms with E-state index in [1.165, 1.54) is 4.90 Å². The van der Waals surface area contributed by atoms with Crippen LogP contribution in [-0.2, 0) is 9.59 Å². The summed E-state index contributed by atoms with van der Waals surface area (Å²) in [6.45, 7) is 0.0336. The molecule has 2 rings (SSSR count). The van der Waals surface area contributed by atoms with Gasteiger partial charge in [-0.1, -0.05) is 0 Å². The Balaban J connectivity index is 2.43. The van der Waals surface area contributed by atoms with Crippen molar-refractivity contribution < 1.29 is 14.3 Å². The van der Waals surface area contributed by atoms with Crippen LogP contribution in [0.2, 0.25) is 0 Å². The number of carbonyl (C=O) groups excluding carboxylic acids is 2. The first-order chi connectivity index (χ1) is 8.52. The molecule has 2 amide bonds. The monoisotopic (exact) mass is 376 g/mol. The third-order valence-corrected chi connectivity index (χ3v) is 3.81. The molecule has 0 saturated carbocycles. The predicted molar refractivity (Wildman–Crippen MR) is 73.8 cm³/mol. The molecule has 1 heterocycles. The van der Waals surface area contributed by atoms with Gasteiger partial charge in [0.15, 0.2) is 0 Å². The van der Waals surface area contributed by atoms with Crippen LogP contribution in [0.4, 0.5) is 5.69 Å². The summed E-state index contributed by atoms with van der Waals surface area (Å²) in [6.07, 6.45) is 0. The van der Waals surface area contributed by atoms with Crippen LogP contribution in [0.1, 0.15) is 0 Å². The maximum Gasteiger partial charge on any atom is 0.246 e. The number of nitrogens with zero attached hydrogens (tertiary/aromatic N) is 1. The number of halogens is 2. The third kappa shape index (κ3) is 2.51. The first-order valence-corrected chi connectivity index (χ1v) is 6.71. The van der Waals surface area contributed by atoms with Crippen LogP contribution in [0, 0.1) is 0 Å². The molecule has 0 atom stereocenters. The van der Waals surface area contributed by atoms with Gasteiger partial charge in [0.2, 0.25) is 11.8 Å². The average Bonchev–Trinajstić information content (AvgIpc) is 2.33. The van der Waals surface area contributed by atoms with E-state index in [0.717, 1.165) is 8.95 Å². The molecule has 1 aromatic rings. The van der Waals surface area contributed by atoms with Crippen molar-refractivity contribution in [2.24, 2.45) is 0 Å². The van der Waals surface area contributed by atoms with E-state index < -0.39 is 0 Å². The van der Waals surface area contributed by atoms with Gasteiger partial charge in [-0.3, -0.25) is 9.59 Å². The van der Waals surface area contributed by atoms with Gasteiger partial charge in [-0.05, 0) is 37.9 Å². The number of piperazine rings is 1. The largest absolute Gasteiger partial charge is 0.495 e. The molecule has 1 aliphatic heterocycles. The Morgan fingerprint density at radius 2 is 2.00 bits per heavy atom. The molecule has 1 aliphatic rings. The van der Waals surface area contributed by atoms with Crippen LogP contribution in [0.15, 0.2) is 21.1 Å². The molecule has 1 saturated heterocycles. The molecule has 0 aliphatic carbocycles. The van der Waals surface area contributed by atoms with Gasteiger partial charge in [0.25, 0.3) is 0 Å². The SMILES string of the molecule is COc1cc(N2CC(=O)NCC2=O)c(Br)cc1Br. The first-order valence-electron chi connectivity index (χ1n) is 5.13. The minimum Gasteiger partial charge on any atom is -0.495 e. The van der Waals surface area contributed by atoms with Gasteiger partial charge in [-0.15, -0.1) is 0 Å². The first kappa shape index (κ1) is 13.4. The number of amides is 2.